The minimum absolute atomic E-state index is 0.00529. The number of unbranched alkanes of at least 4 members (excludes halogenated alkanes) is 7. The molecule has 0 saturated carbocycles. The maximum absolute atomic E-state index is 10.8. The Bertz CT molecular complexity index is 548. The second-order valence-electron chi connectivity index (χ2n) is 8.82. The van der Waals surface area contributed by atoms with Crippen LogP contribution >= 0.6 is 0 Å². The van der Waals surface area contributed by atoms with Crippen molar-refractivity contribution in [1.82, 2.24) is 0 Å². The highest BCUT2D eigenvalue weighted by Gasteiger charge is 2.36. The van der Waals surface area contributed by atoms with E-state index in [0.717, 1.165) is 44.9 Å². The van der Waals surface area contributed by atoms with Crippen LogP contribution in [0.1, 0.15) is 96.3 Å². The van der Waals surface area contributed by atoms with Crippen LogP contribution in [-0.4, -0.2) is 35.5 Å². The molecule has 176 valence electrons. The molecule has 2 saturated heterocycles. The summed E-state index contributed by atoms with van der Waals surface area (Å²) in [4.78, 5) is 21.5. The molecule has 31 heavy (non-hydrogen) atoms. The number of carboxylic acids is 1. The Kier molecular flexibility index (Phi) is 13.5. The fraction of sp³-hybridized carbons (Fsp3) is 0.731. The van der Waals surface area contributed by atoms with Crippen molar-refractivity contribution in [3.63, 3.8) is 0 Å². The maximum Gasteiger partial charge on any atom is 0.306 e. The molecule has 4 atom stereocenters. The second-order valence-corrected chi connectivity index (χ2v) is 8.82. The molecule has 0 radical (unpaired) electrons. The predicted molar refractivity (Wildman–Crippen MR) is 124 cm³/mol. The third kappa shape index (κ3) is 11.7. The van der Waals surface area contributed by atoms with Crippen LogP contribution in [0.25, 0.3) is 0 Å². The van der Waals surface area contributed by atoms with E-state index < -0.39 is 5.97 Å². The molecule has 0 aromatic heterocycles. The minimum Gasteiger partial charge on any atom is -0.481 e. The van der Waals surface area contributed by atoms with E-state index in [0.29, 0.717) is 6.10 Å². The summed E-state index contributed by atoms with van der Waals surface area (Å²) in [6.45, 7) is 3.72. The van der Waals surface area contributed by atoms with Gasteiger partial charge in [0.25, 0.3) is 0 Å². The topological polar surface area (TPSA) is 65.0 Å². The largest absolute Gasteiger partial charge is 0.481 e. The van der Waals surface area contributed by atoms with Crippen LogP contribution in [0, 0.1) is 0 Å². The molecule has 2 rings (SSSR count). The van der Waals surface area contributed by atoms with Gasteiger partial charge in [-0.05, 0) is 57.8 Å². The number of carbonyl (C=O) groups is 1. The van der Waals surface area contributed by atoms with Gasteiger partial charge in [0, 0.05) is 0 Å². The van der Waals surface area contributed by atoms with Crippen molar-refractivity contribution in [3.8, 4) is 0 Å². The Hall–Kier alpha value is -1.43. The standard InChI is InChI=1S/C26H42O5/c1-2-3-4-5-6-7-8-9-10-11-12-13-14-15-16-22-17-19-24(29-22)25-20-18-23(30-31-25)21-26(27)28/h2,5-8,22-25H,1,3-4,9-21H2,(H,27,28). The molecule has 0 bridgehead atoms. The number of aliphatic carboxylic acids is 1. The normalized spacial score (nSPS) is 26.7. The highest BCUT2D eigenvalue weighted by molar-refractivity contribution is 5.67. The Balaban J connectivity index is 1.41. The summed E-state index contributed by atoms with van der Waals surface area (Å²) >= 11 is 0. The fourth-order valence-electron chi connectivity index (χ4n) is 4.30. The molecule has 0 amide bonds. The van der Waals surface area contributed by atoms with Crippen molar-refractivity contribution in [2.24, 2.45) is 0 Å². The van der Waals surface area contributed by atoms with E-state index >= 15 is 0 Å². The lowest BCUT2D eigenvalue weighted by atomic mass is 10.0. The predicted octanol–water partition coefficient (Wildman–Crippen LogP) is 6.69. The van der Waals surface area contributed by atoms with Gasteiger partial charge in [-0.15, -0.1) is 6.58 Å². The number of ether oxygens (including phenoxy) is 1. The Morgan fingerprint density at radius 1 is 0.806 bits per heavy atom. The quantitative estimate of drug-likeness (QED) is 0.127. The van der Waals surface area contributed by atoms with Gasteiger partial charge in [-0.2, -0.15) is 0 Å². The van der Waals surface area contributed by atoms with E-state index in [1.54, 1.807) is 0 Å². The third-order valence-corrected chi connectivity index (χ3v) is 6.11. The van der Waals surface area contributed by atoms with Gasteiger partial charge in [0.05, 0.1) is 18.6 Å². The Morgan fingerprint density at radius 2 is 1.48 bits per heavy atom. The van der Waals surface area contributed by atoms with Gasteiger partial charge in [-0.25, -0.2) is 9.78 Å². The summed E-state index contributed by atoms with van der Waals surface area (Å²) < 4.78 is 6.19. The maximum atomic E-state index is 10.8. The van der Waals surface area contributed by atoms with E-state index in [9.17, 15) is 4.79 Å². The second kappa shape index (κ2) is 16.2. The van der Waals surface area contributed by atoms with E-state index in [2.05, 4.69) is 30.9 Å². The Morgan fingerprint density at radius 3 is 2.19 bits per heavy atom. The first kappa shape index (κ1) is 25.8. The molecule has 1 N–H and O–H groups in total. The van der Waals surface area contributed by atoms with E-state index in [-0.39, 0.29) is 24.7 Å². The molecule has 0 aliphatic carbocycles. The van der Waals surface area contributed by atoms with Gasteiger partial charge in [0.1, 0.15) is 12.2 Å². The summed E-state index contributed by atoms with van der Waals surface area (Å²) in [6.07, 6.45) is 26.6. The van der Waals surface area contributed by atoms with Gasteiger partial charge >= 0.3 is 5.97 Å². The Labute approximate surface area is 188 Å². The zero-order chi connectivity index (χ0) is 22.2. The lowest BCUT2D eigenvalue weighted by Crippen LogP contribution is -2.37. The first-order valence-electron chi connectivity index (χ1n) is 12.3. The molecular weight excluding hydrogens is 392 g/mol. The van der Waals surface area contributed by atoms with E-state index in [1.807, 2.05) is 6.08 Å². The summed E-state index contributed by atoms with van der Waals surface area (Å²) in [6, 6.07) is 0. The molecule has 5 heteroatoms. The molecule has 5 nitrogen and oxygen atoms in total. The van der Waals surface area contributed by atoms with Crippen molar-refractivity contribution in [2.45, 2.75) is 121 Å². The van der Waals surface area contributed by atoms with Crippen LogP contribution in [0.15, 0.2) is 37.0 Å². The molecule has 0 aromatic rings. The van der Waals surface area contributed by atoms with Crippen LogP contribution in [0.4, 0.5) is 0 Å². The number of rotatable bonds is 16. The molecular formula is C26H42O5. The molecule has 2 aliphatic heterocycles. The van der Waals surface area contributed by atoms with Gasteiger partial charge in [0.15, 0.2) is 0 Å². The molecule has 4 unspecified atom stereocenters. The van der Waals surface area contributed by atoms with Gasteiger partial charge < -0.3 is 9.84 Å². The zero-order valence-corrected chi connectivity index (χ0v) is 19.1. The number of carboxylic acid groups (broad SMARTS) is 1. The average Bonchev–Trinajstić information content (AvgIpc) is 3.23. The zero-order valence-electron chi connectivity index (χ0n) is 19.1. The van der Waals surface area contributed by atoms with Crippen molar-refractivity contribution < 1.29 is 24.4 Å². The van der Waals surface area contributed by atoms with Crippen molar-refractivity contribution >= 4 is 5.97 Å². The molecule has 2 heterocycles. The highest BCUT2D eigenvalue weighted by Crippen LogP contribution is 2.31. The first-order chi connectivity index (χ1) is 15.2. The van der Waals surface area contributed by atoms with Crippen molar-refractivity contribution in [3.05, 3.63) is 37.0 Å². The van der Waals surface area contributed by atoms with Crippen LogP contribution in [-0.2, 0) is 19.3 Å². The fourth-order valence-corrected chi connectivity index (χ4v) is 4.30. The molecule has 2 aliphatic rings. The molecule has 0 aromatic carbocycles. The monoisotopic (exact) mass is 434 g/mol. The summed E-state index contributed by atoms with van der Waals surface area (Å²) in [7, 11) is 0. The lowest BCUT2D eigenvalue weighted by molar-refractivity contribution is -0.385. The van der Waals surface area contributed by atoms with Crippen molar-refractivity contribution in [2.75, 3.05) is 0 Å². The van der Waals surface area contributed by atoms with Gasteiger partial charge in [0.2, 0.25) is 0 Å². The van der Waals surface area contributed by atoms with Gasteiger partial charge in [-0.1, -0.05) is 62.5 Å². The van der Waals surface area contributed by atoms with E-state index in [1.165, 1.54) is 44.9 Å². The average molecular weight is 435 g/mol. The van der Waals surface area contributed by atoms with Crippen LogP contribution < -0.4 is 0 Å². The minimum atomic E-state index is -0.844. The van der Waals surface area contributed by atoms with Gasteiger partial charge in [-0.3, -0.25) is 4.79 Å². The highest BCUT2D eigenvalue weighted by atomic mass is 17.2. The third-order valence-electron chi connectivity index (χ3n) is 6.11. The summed E-state index contributed by atoms with van der Waals surface area (Å²) in [5.74, 6) is -0.844. The lowest BCUT2D eigenvalue weighted by Gasteiger charge is -2.30. The summed E-state index contributed by atoms with van der Waals surface area (Å²) in [5.41, 5.74) is 0. The number of allylic oxidation sites excluding steroid dienone is 5. The number of hydrogen-bond acceptors (Lipinski definition) is 4. The number of hydrogen-bond donors (Lipinski definition) is 1. The van der Waals surface area contributed by atoms with Crippen LogP contribution in [0.2, 0.25) is 0 Å². The summed E-state index contributed by atoms with van der Waals surface area (Å²) in [5, 5.41) is 8.84. The van der Waals surface area contributed by atoms with Crippen molar-refractivity contribution in [1.29, 1.82) is 0 Å². The van der Waals surface area contributed by atoms with Crippen LogP contribution in [0.5, 0.6) is 0 Å². The smallest absolute Gasteiger partial charge is 0.306 e. The van der Waals surface area contributed by atoms with E-state index in [4.69, 9.17) is 19.6 Å². The first-order valence-corrected chi connectivity index (χ1v) is 12.3. The molecule has 2 fully saturated rings. The SMILES string of the molecule is C=CCCC=CC=CCCCCCCCCC1CCC(C2CCC(CC(=O)O)OO2)O1. The van der Waals surface area contributed by atoms with Crippen LogP contribution in [0.3, 0.4) is 0 Å². The molecule has 0 spiro atoms.